The highest BCUT2D eigenvalue weighted by molar-refractivity contribution is 7.25. The van der Waals surface area contributed by atoms with Crippen molar-refractivity contribution < 1.29 is 0 Å². The van der Waals surface area contributed by atoms with Crippen LogP contribution in [0.4, 0.5) is 0 Å². The summed E-state index contributed by atoms with van der Waals surface area (Å²) in [4.78, 5) is 4.93. The van der Waals surface area contributed by atoms with Crippen molar-refractivity contribution in [3.8, 4) is 55.2 Å². The van der Waals surface area contributed by atoms with E-state index in [1.807, 2.05) is 36.4 Å². The van der Waals surface area contributed by atoms with E-state index in [9.17, 15) is 21.0 Å². The van der Waals surface area contributed by atoms with Gasteiger partial charge in [-0.3, -0.25) is 0 Å². The second kappa shape index (κ2) is 11.1. The molecule has 0 saturated heterocycles. The standard InChI is InChI=1S/C33H28N6S2/c1-5-11-38-23(13-21(17-34)18-35)7-9-27(38)29-15-25-31(40-29)32-26(33(25,3)4)16-30(41-32)28-10-8-24(39(28)12-6-2)14-22(19-36)20-37/h7-10,13-16H,5-6,11-12H2,1-4H3. The topological polar surface area (TPSA) is 105 Å². The summed E-state index contributed by atoms with van der Waals surface area (Å²) in [6, 6.07) is 20.7. The normalized spacial score (nSPS) is 12.4. The first-order valence-corrected chi connectivity index (χ1v) is 15.2. The van der Waals surface area contributed by atoms with Crippen molar-refractivity contribution in [1.82, 2.24) is 9.13 Å². The fourth-order valence-corrected chi connectivity index (χ4v) is 8.38. The monoisotopic (exact) mass is 572 g/mol. The fourth-order valence-electron chi connectivity index (χ4n) is 5.52. The van der Waals surface area contributed by atoms with Gasteiger partial charge in [-0.1, -0.05) is 27.7 Å². The zero-order valence-corrected chi connectivity index (χ0v) is 25.1. The molecule has 0 N–H and O–H groups in total. The van der Waals surface area contributed by atoms with Gasteiger partial charge < -0.3 is 9.13 Å². The molecule has 0 unspecified atom stereocenters. The summed E-state index contributed by atoms with van der Waals surface area (Å²) in [5.74, 6) is 0. The Kier molecular flexibility index (Phi) is 7.57. The molecule has 0 aliphatic heterocycles. The maximum absolute atomic E-state index is 9.28. The molecule has 1 aliphatic carbocycles. The van der Waals surface area contributed by atoms with E-state index in [4.69, 9.17) is 0 Å². The van der Waals surface area contributed by atoms with Crippen LogP contribution in [-0.4, -0.2) is 9.13 Å². The average Bonchev–Trinajstić information content (AvgIpc) is 3.77. The van der Waals surface area contributed by atoms with Crippen molar-refractivity contribution in [1.29, 1.82) is 21.0 Å². The third-order valence-corrected chi connectivity index (χ3v) is 9.99. The Morgan fingerprint density at radius 2 is 1.10 bits per heavy atom. The van der Waals surface area contributed by atoms with Crippen LogP contribution in [0.15, 0.2) is 47.5 Å². The minimum atomic E-state index is -0.159. The number of hydrogen-bond donors (Lipinski definition) is 0. The predicted octanol–water partition coefficient (Wildman–Crippen LogP) is 8.73. The third-order valence-electron chi connectivity index (χ3n) is 7.51. The van der Waals surface area contributed by atoms with Gasteiger partial charge in [-0.15, -0.1) is 22.7 Å². The SMILES string of the molecule is CCCn1c(C=C(C#N)C#N)ccc1-c1cc2c(s1)-c1sc(-c3ccc(C=C(C#N)C#N)n3CCC)cc1C2(C)C. The molecule has 0 amide bonds. The molecule has 0 fully saturated rings. The zero-order chi connectivity index (χ0) is 29.3. The molecular formula is C33H28N6S2. The molecule has 4 heterocycles. The Morgan fingerprint density at radius 1 is 0.707 bits per heavy atom. The highest BCUT2D eigenvalue weighted by Crippen LogP contribution is 2.58. The number of aromatic nitrogens is 2. The summed E-state index contributed by atoms with van der Waals surface area (Å²) < 4.78 is 4.40. The van der Waals surface area contributed by atoms with Gasteiger partial charge in [0.2, 0.25) is 0 Å². The van der Waals surface area contributed by atoms with E-state index in [-0.39, 0.29) is 16.6 Å². The molecule has 1 aliphatic rings. The molecule has 41 heavy (non-hydrogen) atoms. The van der Waals surface area contributed by atoms with E-state index < -0.39 is 0 Å². The van der Waals surface area contributed by atoms with Crippen LogP contribution in [-0.2, 0) is 18.5 Å². The largest absolute Gasteiger partial charge is 0.340 e. The lowest BCUT2D eigenvalue weighted by Crippen LogP contribution is -2.13. The van der Waals surface area contributed by atoms with Crippen molar-refractivity contribution in [3.63, 3.8) is 0 Å². The van der Waals surface area contributed by atoms with Crippen LogP contribution in [0.3, 0.4) is 0 Å². The minimum Gasteiger partial charge on any atom is -0.340 e. The number of thiophene rings is 2. The summed E-state index contributed by atoms with van der Waals surface area (Å²) in [6.45, 7) is 10.4. The molecule has 4 aromatic rings. The lowest BCUT2D eigenvalue weighted by molar-refractivity contribution is 0.662. The van der Waals surface area contributed by atoms with Gasteiger partial charge in [0, 0.05) is 39.6 Å². The van der Waals surface area contributed by atoms with Gasteiger partial charge in [0.25, 0.3) is 0 Å². The number of allylic oxidation sites excluding steroid dienone is 2. The fraction of sp³-hybridized carbons (Fsp3) is 0.273. The van der Waals surface area contributed by atoms with Crippen LogP contribution in [0.1, 0.15) is 63.1 Å². The Hall–Kier alpha value is -4.60. The molecule has 0 saturated carbocycles. The van der Waals surface area contributed by atoms with Crippen LogP contribution in [0, 0.1) is 45.3 Å². The Balaban J connectivity index is 1.60. The first-order chi connectivity index (χ1) is 19.8. The predicted molar refractivity (Wildman–Crippen MR) is 166 cm³/mol. The van der Waals surface area contributed by atoms with Crippen LogP contribution < -0.4 is 0 Å². The second-order valence-electron chi connectivity index (χ2n) is 10.5. The average molecular weight is 573 g/mol. The van der Waals surface area contributed by atoms with Gasteiger partial charge in [0.1, 0.15) is 35.4 Å². The van der Waals surface area contributed by atoms with Crippen LogP contribution >= 0.6 is 22.7 Å². The van der Waals surface area contributed by atoms with E-state index in [0.29, 0.717) is 0 Å². The first kappa shape index (κ1) is 27.9. The van der Waals surface area contributed by atoms with Gasteiger partial charge in [-0.05, 0) is 72.5 Å². The summed E-state index contributed by atoms with van der Waals surface area (Å²) >= 11 is 3.59. The number of fused-ring (bicyclic) bond motifs is 3. The minimum absolute atomic E-state index is 0.0977. The number of nitrogens with zero attached hydrogens (tertiary/aromatic N) is 6. The number of hydrogen-bond acceptors (Lipinski definition) is 6. The van der Waals surface area contributed by atoms with E-state index in [1.54, 1.807) is 34.8 Å². The first-order valence-electron chi connectivity index (χ1n) is 13.5. The van der Waals surface area contributed by atoms with Crippen LogP contribution in [0.5, 0.6) is 0 Å². The third kappa shape index (κ3) is 4.73. The summed E-state index contributed by atoms with van der Waals surface area (Å²) in [5.41, 5.74) is 6.60. The van der Waals surface area contributed by atoms with Gasteiger partial charge in [-0.25, -0.2) is 0 Å². The van der Waals surface area contributed by atoms with E-state index >= 15 is 0 Å². The van der Waals surface area contributed by atoms with Crippen molar-refractivity contribution in [3.05, 3.63) is 70.1 Å². The molecular weight excluding hydrogens is 545 g/mol. The Bertz CT molecular complexity index is 1720. The lowest BCUT2D eigenvalue weighted by Gasteiger charge is -2.19. The van der Waals surface area contributed by atoms with Crippen molar-refractivity contribution >= 4 is 34.8 Å². The van der Waals surface area contributed by atoms with Gasteiger partial charge in [0.15, 0.2) is 0 Å². The summed E-state index contributed by atoms with van der Waals surface area (Å²) in [5, 5.41) is 37.1. The molecule has 0 aromatic carbocycles. The quantitative estimate of drug-likeness (QED) is 0.197. The molecule has 0 spiro atoms. The molecule has 0 bridgehead atoms. The van der Waals surface area contributed by atoms with Crippen LogP contribution in [0.25, 0.3) is 43.0 Å². The Morgan fingerprint density at radius 3 is 1.44 bits per heavy atom. The van der Waals surface area contributed by atoms with E-state index in [2.05, 4.69) is 61.1 Å². The number of nitriles is 4. The van der Waals surface area contributed by atoms with Crippen molar-refractivity contribution in [2.45, 2.75) is 59.0 Å². The van der Waals surface area contributed by atoms with Gasteiger partial charge >= 0.3 is 0 Å². The molecule has 5 rings (SSSR count). The van der Waals surface area contributed by atoms with E-state index in [1.165, 1.54) is 30.6 Å². The molecule has 8 heteroatoms. The zero-order valence-electron chi connectivity index (χ0n) is 23.4. The number of rotatable bonds is 8. The van der Waals surface area contributed by atoms with Gasteiger partial charge in [-0.2, -0.15) is 21.0 Å². The second-order valence-corrected chi connectivity index (χ2v) is 12.6. The summed E-state index contributed by atoms with van der Waals surface area (Å²) in [7, 11) is 0. The molecule has 6 nitrogen and oxygen atoms in total. The van der Waals surface area contributed by atoms with Crippen molar-refractivity contribution in [2.24, 2.45) is 0 Å². The molecule has 0 atom stereocenters. The highest BCUT2D eigenvalue weighted by atomic mass is 32.1. The molecule has 4 aromatic heterocycles. The van der Waals surface area contributed by atoms with E-state index in [0.717, 1.165) is 48.7 Å². The molecule has 202 valence electrons. The highest BCUT2D eigenvalue weighted by Gasteiger charge is 2.40. The maximum Gasteiger partial charge on any atom is 0.131 e. The lowest BCUT2D eigenvalue weighted by atomic mass is 9.83. The smallest absolute Gasteiger partial charge is 0.131 e. The maximum atomic E-state index is 9.28. The van der Waals surface area contributed by atoms with Crippen LogP contribution in [0.2, 0.25) is 0 Å². The molecule has 0 radical (unpaired) electrons. The van der Waals surface area contributed by atoms with Crippen molar-refractivity contribution in [2.75, 3.05) is 0 Å². The summed E-state index contributed by atoms with van der Waals surface area (Å²) in [6.07, 6.45) is 5.20. The van der Waals surface area contributed by atoms with Gasteiger partial charge in [0.05, 0.1) is 21.1 Å². The Labute approximate surface area is 248 Å².